The minimum atomic E-state index is -0.151. The van der Waals surface area contributed by atoms with E-state index >= 15 is 0 Å². The lowest BCUT2D eigenvalue weighted by atomic mass is 10.2. The first-order valence-electron chi connectivity index (χ1n) is 6.38. The zero-order chi connectivity index (χ0) is 15.2. The van der Waals surface area contributed by atoms with E-state index in [0.29, 0.717) is 5.56 Å². The minimum Gasteiger partial charge on any atom is -0.376 e. The second-order valence-corrected chi connectivity index (χ2v) is 5.43. The van der Waals surface area contributed by atoms with Crippen molar-refractivity contribution in [2.45, 2.75) is 6.92 Å². The number of aryl methyl sites for hydroxylation is 1. The number of halogens is 1. The predicted octanol–water partition coefficient (Wildman–Crippen LogP) is 3.68. The standard InChI is InChI=1S/C16H14BrN3O/c1-11-5-6-15(14(17)7-11)20-16(21)10-19-13-4-2-3-12(8-13)9-18/h2-8,19H,10H2,1H3,(H,20,21). The number of nitrogens with zero attached hydrogens (tertiary/aromatic N) is 1. The van der Waals surface area contributed by atoms with Crippen molar-refractivity contribution >= 4 is 33.2 Å². The highest BCUT2D eigenvalue weighted by atomic mass is 79.9. The lowest BCUT2D eigenvalue weighted by molar-refractivity contribution is -0.114. The number of rotatable bonds is 4. The topological polar surface area (TPSA) is 64.9 Å². The van der Waals surface area contributed by atoms with Crippen LogP contribution >= 0.6 is 15.9 Å². The van der Waals surface area contributed by atoms with Crippen LogP contribution in [0.15, 0.2) is 46.9 Å². The van der Waals surface area contributed by atoms with Crippen LogP contribution in [0.1, 0.15) is 11.1 Å². The van der Waals surface area contributed by atoms with Gasteiger partial charge in [0.15, 0.2) is 0 Å². The normalized spacial score (nSPS) is 9.76. The molecule has 0 saturated heterocycles. The monoisotopic (exact) mass is 343 g/mol. The highest BCUT2D eigenvalue weighted by Gasteiger charge is 2.05. The van der Waals surface area contributed by atoms with Crippen LogP contribution in [0.4, 0.5) is 11.4 Å². The zero-order valence-electron chi connectivity index (χ0n) is 11.5. The van der Waals surface area contributed by atoms with Gasteiger partial charge in [-0.15, -0.1) is 0 Å². The number of anilines is 2. The van der Waals surface area contributed by atoms with Crippen LogP contribution in [0.5, 0.6) is 0 Å². The van der Waals surface area contributed by atoms with Gasteiger partial charge in [-0.1, -0.05) is 12.1 Å². The lowest BCUT2D eigenvalue weighted by Gasteiger charge is -2.10. The van der Waals surface area contributed by atoms with Crippen LogP contribution in [0.2, 0.25) is 0 Å². The van der Waals surface area contributed by atoms with E-state index in [1.807, 2.05) is 31.2 Å². The van der Waals surface area contributed by atoms with Crippen molar-refractivity contribution in [2.75, 3.05) is 17.2 Å². The summed E-state index contributed by atoms with van der Waals surface area (Å²) in [5.41, 5.74) is 3.15. The lowest BCUT2D eigenvalue weighted by Crippen LogP contribution is -2.22. The molecule has 0 aliphatic rings. The van der Waals surface area contributed by atoms with E-state index in [2.05, 4.69) is 32.6 Å². The van der Waals surface area contributed by atoms with Crippen molar-refractivity contribution < 1.29 is 4.79 Å². The van der Waals surface area contributed by atoms with Gasteiger partial charge in [-0.2, -0.15) is 5.26 Å². The predicted molar refractivity (Wildman–Crippen MR) is 87.2 cm³/mol. The number of carbonyl (C=O) groups excluding carboxylic acids is 1. The van der Waals surface area contributed by atoms with Crippen molar-refractivity contribution in [3.05, 3.63) is 58.1 Å². The number of nitrogens with one attached hydrogen (secondary N) is 2. The minimum absolute atomic E-state index is 0.134. The van der Waals surface area contributed by atoms with E-state index in [4.69, 9.17) is 5.26 Å². The van der Waals surface area contributed by atoms with E-state index in [1.165, 1.54) is 0 Å². The Labute approximate surface area is 131 Å². The molecule has 0 atom stereocenters. The summed E-state index contributed by atoms with van der Waals surface area (Å²) in [6.07, 6.45) is 0. The number of carbonyl (C=O) groups is 1. The smallest absolute Gasteiger partial charge is 0.243 e. The highest BCUT2D eigenvalue weighted by Crippen LogP contribution is 2.23. The zero-order valence-corrected chi connectivity index (χ0v) is 13.1. The van der Waals surface area contributed by atoms with Gasteiger partial charge >= 0.3 is 0 Å². The van der Waals surface area contributed by atoms with Crippen LogP contribution in [-0.2, 0) is 4.79 Å². The largest absolute Gasteiger partial charge is 0.376 e. The molecule has 0 fully saturated rings. The third kappa shape index (κ3) is 4.33. The van der Waals surface area contributed by atoms with Crippen LogP contribution in [0.3, 0.4) is 0 Å². The van der Waals surface area contributed by atoms with Gasteiger partial charge in [0.25, 0.3) is 0 Å². The summed E-state index contributed by atoms with van der Waals surface area (Å²) >= 11 is 3.42. The van der Waals surface area contributed by atoms with Crippen molar-refractivity contribution in [2.24, 2.45) is 0 Å². The van der Waals surface area contributed by atoms with E-state index in [-0.39, 0.29) is 12.5 Å². The fourth-order valence-corrected chi connectivity index (χ4v) is 2.39. The maximum absolute atomic E-state index is 11.9. The third-order valence-electron chi connectivity index (χ3n) is 2.84. The fraction of sp³-hybridized carbons (Fsp3) is 0.125. The Bertz CT molecular complexity index is 707. The number of hydrogen-bond acceptors (Lipinski definition) is 3. The Kier molecular flexibility index (Phi) is 4.96. The molecule has 21 heavy (non-hydrogen) atoms. The number of hydrogen-bond donors (Lipinski definition) is 2. The summed E-state index contributed by atoms with van der Waals surface area (Å²) < 4.78 is 0.849. The van der Waals surface area contributed by atoms with E-state index in [9.17, 15) is 4.79 Å². The Morgan fingerprint density at radius 1 is 1.29 bits per heavy atom. The molecule has 2 N–H and O–H groups in total. The number of amides is 1. The van der Waals surface area contributed by atoms with Gasteiger partial charge in [0, 0.05) is 10.2 Å². The molecule has 0 aromatic heterocycles. The molecule has 0 heterocycles. The molecule has 5 heteroatoms. The third-order valence-corrected chi connectivity index (χ3v) is 3.50. The van der Waals surface area contributed by atoms with Gasteiger partial charge in [-0.05, 0) is 58.7 Å². The molecule has 2 aromatic carbocycles. The van der Waals surface area contributed by atoms with Crippen molar-refractivity contribution in [1.82, 2.24) is 0 Å². The Balaban J connectivity index is 1.94. The molecule has 106 valence electrons. The van der Waals surface area contributed by atoms with Gasteiger partial charge < -0.3 is 10.6 Å². The molecule has 1 amide bonds. The SMILES string of the molecule is Cc1ccc(NC(=O)CNc2cccc(C#N)c2)c(Br)c1. The average molecular weight is 344 g/mol. The van der Waals surface area contributed by atoms with E-state index in [0.717, 1.165) is 21.4 Å². The second kappa shape index (κ2) is 6.91. The van der Waals surface area contributed by atoms with Gasteiger partial charge in [-0.25, -0.2) is 0 Å². The van der Waals surface area contributed by atoms with E-state index < -0.39 is 0 Å². The summed E-state index contributed by atoms with van der Waals surface area (Å²) in [5, 5.41) is 14.6. The van der Waals surface area contributed by atoms with Crippen LogP contribution in [-0.4, -0.2) is 12.5 Å². The van der Waals surface area contributed by atoms with Crippen LogP contribution < -0.4 is 10.6 Å². The Morgan fingerprint density at radius 3 is 2.81 bits per heavy atom. The second-order valence-electron chi connectivity index (χ2n) is 4.58. The molecule has 0 spiro atoms. The molecule has 2 aromatic rings. The van der Waals surface area contributed by atoms with Crippen LogP contribution in [0, 0.1) is 18.3 Å². The maximum atomic E-state index is 11.9. The Morgan fingerprint density at radius 2 is 2.10 bits per heavy atom. The molecule has 4 nitrogen and oxygen atoms in total. The molecular formula is C16H14BrN3O. The first-order chi connectivity index (χ1) is 10.1. The summed E-state index contributed by atoms with van der Waals surface area (Å²) in [4.78, 5) is 11.9. The molecule has 0 unspecified atom stereocenters. The molecule has 0 aliphatic heterocycles. The summed E-state index contributed by atoms with van der Waals surface area (Å²) in [5.74, 6) is -0.151. The first kappa shape index (κ1) is 15.1. The summed E-state index contributed by atoms with van der Waals surface area (Å²) in [7, 11) is 0. The molecule has 2 rings (SSSR count). The summed E-state index contributed by atoms with van der Waals surface area (Å²) in [6.45, 7) is 2.12. The quantitative estimate of drug-likeness (QED) is 0.889. The Hall–Kier alpha value is -2.32. The van der Waals surface area contributed by atoms with Gasteiger partial charge in [-0.3, -0.25) is 4.79 Å². The van der Waals surface area contributed by atoms with Crippen LogP contribution in [0.25, 0.3) is 0 Å². The molecular weight excluding hydrogens is 330 g/mol. The number of benzene rings is 2. The molecule has 0 radical (unpaired) electrons. The van der Waals surface area contributed by atoms with Crippen molar-refractivity contribution in [3.63, 3.8) is 0 Å². The molecule has 0 aliphatic carbocycles. The summed E-state index contributed by atoms with van der Waals surface area (Å²) in [6, 6.07) is 14.8. The van der Waals surface area contributed by atoms with Gasteiger partial charge in [0.1, 0.15) is 0 Å². The maximum Gasteiger partial charge on any atom is 0.243 e. The van der Waals surface area contributed by atoms with Gasteiger partial charge in [0.05, 0.1) is 23.9 Å². The fourth-order valence-electron chi connectivity index (χ4n) is 1.80. The van der Waals surface area contributed by atoms with Crippen molar-refractivity contribution in [1.29, 1.82) is 5.26 Å². The van der Waals surface area contributed by atoms with Gasteiger partial charge in [0.2, 0.25) is 5.91 Å². The van der Waals surface area contributed by atoms with E-state index in [1.54, 1.807) is 18.2 Å². The van der Waals surface area contributed by atoms with Crippen molar-refractivity contribution in [3.8, 4) is 6.07 Å². The average Bonchev–Trinajstić information content (AvgIpc) is 2.48. The first-order valence-corrected chi connectivity index (χ1v) is 7.18. The molecule has 0 saturated carbocycles. The highest BCUT2D eigenvalue weighted by molar-refractivity contribution is 9.10. The number of nitriles is 1. The molecule has 0 bridgehead atoms.